The lowest BCUT2D eigenvalue weighted by molar-refractivity contribution is -0.119. The molecule has 0 atom stereocenters. The molecular weight excluding hydrogens is 579 g/mol. The van der Waals surface area contributed by atoms with Crippen molar-refractivity contribution in [2.45, 2.75) is 25.7 Å². The van der Waals surface area contributed by atoms with E-state index in [1.54, 1.807) is 48.5 Å². The highest BCUT2D eigenvalue weighted by molar-refractivity contribution is 7.92. The van der Waals surface area contributed by atoms with Crippen LogP contribution in [-0.4, -0.2) is 31.7 Å². The lowest BCUT2D eigenvalue weighted by atomic mass is 10.2. The number of hydrogen-bond donors (Lipinski definition) is 1. The Morgan fingerprint density at radius 3 is 2.23 bits per heavy atom. The van der Waals surface area contributed by atoms with Gasteiger partial charge in [0, 0.05) is 27.7 Å². The summed E-state index contributed by atoms with van der Waals surface area (Å²) in [6, 6.07) is 19.9. The zero-order valence-electron chi connectivity index (χ0n) is 21.3. The van der Waals surface area contributed by atoms with Gasteiger partial charge in [-0.3, -0.25) is 9.10 Å². The van der Waals surface area contributed by atoms with Crippen LogP contribution in [0, 0.1) is 20.8 Å². The molecule has 11 heteroatoms. The monoisotopic (exact) mass is 602 g/mol. The molecule has 1 heterocycles. The minimum atomic E-state index is -4.05. The van der Waals surface area contributed by atoms with Crippen molar-refractivity contribution in [1.82, 2.24) is 9.99 Å². The molecule has 39 heavy (non-hydrogen) atoms. The van der Waals surface area contributed by atoms with Crippen molar-refractivity contribution in [3.63, 3.8) is 0 Å². The molecule has 0 aliphatic rings. The minimum Gasteiger partial charge on any atom is -0.318 e. The van der Waals surface area contributed by atoms with Gasteiger partial charge in [-0.05, 0) is 81.4 Å². The van der Waals surface area contributed by atoms with Gasteiger partial charge >= 0.3 is 0 Å². The van der Waals surface area contributed by atoms with Gasteiger partial charge in [0.25, 0.3) is 15.9 Å². The maximum absolute atomic E-state index is 13.5. The molecule has 202 valence electrons. The fourth-order valence-corrected chi connectivity index (χ4v) is 5.88. The van der Waals surface area contributed by atoms with Crippen LogP contribution in [0.4, 0.5) is 5.69 Å². The largest absolute Gasteiger partial charge is 0.318 e. The molecule has 0 aliphatic carbocycles. The fraction of sp³-hybridized carbons (Fsp3) is 0.143. The molecule has 7 nitrogen and oxygen atoms in total. The minimum absolute atomic E-state index is 0.0640. The number of anilines is 1. The zero-order chi connectivity index (χ0) is 28.3. The summed E-state index contributed by atoms with van der Waals surface area (Å²) < 4.78 is 30.0. The van der Waals surface area contributed by atoms with Crippen molar-refractivity contribution in [2.75, 3.05) is 10.8 Å². The number of carbonyl (C=O) groups is 1. The van der Waals surface area contributed by atoms with E-state index in [0.717, 1.165) is 32.5 Å². The summed E-state index contributed by atoms with van der Waals surface area (Å²) in [7, 11) is -4.05. The Kier molecular flexibility index (Phi) is 8.71. The predicted octanol–water partition coefficient (Wildman–Crippen LogP) is 6.71. The SMILES string of the molecule is Cc1ccc(S(=O)(=O)N(CC(=O)N/N=C\c2cc(C)n(-c3ccc(Cl)c(Cl)c3)c2C)c2ccc(Cl)cc2)cc1. The first kappa shape index (κ1) is 28.7. The van der Waals surface area contributed by atoms with Gasteiger partial charge in [-0.15, -0.1) is 0 Å². The first-order valence-electron chi connectivity index (χ1n) is 11.8. The van der Waals surface area contributed by atoms with Crippen molar-refractivity contribution in [2.24, 2.45) is 5.10 Å². The highest BCUT2D eigenvalue weighted by atomic mass is 35.5. The average Bonchev–Trinajstić information content (AvgIpc) is 3.17. The van der Waals surface area contributed by atoms with Crippen LogP contribution in [0.2, 0.25) is 15.1 Å². The molecular formula is C28H25Cl3N4O3S. The van der Waals surface area contributed by atoms with Gasteiger partial charge in [-0.1, -0.05) is 52.5 Å². The van der Waals surface area contributed by atoms with Crippen molar-refractivity contribution >= 4 is 62.6 Å². The number of carbonyl (C=O) groups excluding carboxylic acids is 1. The number of aromatic nitrogens is 1. The highest BCUT2D eigenvalue weighted by Crippen LogP contribution is 2.28. The highest BCUT2D eigenvalue weighted by Gasteiger charge is 2.27. The Bertz CT molecular complexity index is 1650. The molecule has 3 aromatic carbocycles. The quantitative estimate of drug-likeness (QED) is 0.180. The Morgan fingerprint density at radius 1 is 0.923 bits per heavy atom. The topological polar surface area (TPSA) is 83.8 Å². The van der Waals surface area contributed by atoms with Crippen LogP contribution >= 0.6 is 34.8 Å². The van der Waals surface area contributed by atoms with E-state index in [0.29, 0.717) is 20.8 Å². The zero-order valence-corrected chi connectivity index (χ0v) is 24.4. The molecule has 1 amide bonds. The van der Waals surface area contributed by atoms with E-state index in [4.69, 9.17) is 34.8 Å². The molecule has 0 unspecified atom stereocenters. The van der Waals surface area contributed by atoms with Gasteiger partial charge in [-0.25, -0.2) is 13.8 Å². The summed E-state index contributed by atoms with van der Waals surface area (Å²) >= 11 is 18.2. The van der Waals surface area contributed by atoms with Crippen molar-refractivity contribution in [3.05, 3.63) is 110 Å². The molecule has 0 saturated heterocycles. The number of aryl methyl sites for hydroxylation is 2. The summed E-state index contributed by atoms with van der Waals surface area (Å²) in [6.45, 7) is 5.22. The maximum atomic E-state index is 13.5. The number of amides is 1. The summed E-state index contributed by atoms with van der Waals surface area (Å²) in [5.41, 5.74) is 7.05. The summed E-state index contributed by atoms with van der Waals surface area (Å²) in [5, 5.41) is 5.43. The smallest absolute Gasteiger partial charge is 0.264 e. The predicted molar refractivity (Wildman–Crippen MR) is 158 cm³/mol. The molecule has 0 bridgehead atoms. The first-order valence-corrected chi connectivity index (χ1v) is 14.4. The van der Waals surface area contributed by atoms with Gasteiger partial charge in [-0.2, -0.15) is 5.10 Å². The molecule has 0 aliphatic heterocycles. The molecule has 1 aromatic heterocycles. The third kappa shape index (κ3) is 6.47. The Balaban J connectivity index is 1.55. The number of sulfonamides is 1. The molecule has 0 spiro atoms. The molecule has 0 fully saturated rings. The van der Waals surface area contributed by atoms with Crippen LogP contribution in [-0.2, 0) is 14.8 Å². The average molecular weight is 604 g/mol. The number of rotatable bonds is 8. The van der Waals surface area contributed by atoms with Gasteiger partial charge in [0.15, 0.2) is 0 Å². The van der Waals surface area contributed by atoms with Crippen LogP contribution in [0.15, 0.2) is 82.8 Å². The second kappa shape index (κ2) is 11.8. The van der Waals surface area contributed by atoms with Crippen molar-refractivity contribution in [1.29, 1.82) is 0 Å². The number of hydrazone groups is 1. The third-order valence-electron chi connectivity index (χ3n) is 6.04. The Hall–Kier alpha value is -3.30. The first-order chi connectivity index (χ1) is 18.5. The summed E-state index contributed by atoms with van der Waals surface area (Å²) in [4.78, 5) is 12.9. The summed E-state index contributed by atoms with van der Waals surface area (Å²) in [5.74, 6) is -0.616. The molecule has 4 aromatic rings. The number of halogens is 3. The molecule has 0 radical (unpaired) electrons. The van der Waals surface area contributed by atoms with Crippen LogP contribution in [0.5, 0.6) is 0 Å². The number of benzene rings is 3. The van der Waals surface area contributed by atoms with Crippen LogP contribution < -0.4 is 9.73 Å². The molecule has 0 saturated carbocycles. The van der Waals surface area contributed by atoms with Crippen LogP contribution in [0.3, 0.4) is 0 Å². The van der Waals surface area contributed by atoms with Gasteiger partial charge in [0.05, 0.1) is 26.8 Å². The van der Waals surface area contributed by atoms with E-state index in [1.165, 1.54) is 18.3 Å². The van der Waals surface area contributed by atoms with Gasteiger partial charge in [0.1, 0.15) is 6.54 Å². The van der Waals surface area contributed by atoms with Crippen molar-refractivity contribution < 1.29 is 13.2 Å². The normalized spacial score (nSPS) is 11.6. The van der Waals surface area contributed by atoms with Crippen LogP contribution in [0.1, 0.15) is 22.5 Å². The van der Waals surface area contributed by atoms with Crippen molar-refractivity contribution in [3.8, 4) is 5.69 Å². The Morgan fingerprint density at radius 2 is 1.59 bits per heavy atom. The van der Waals surface area contributed by atoms with E-state index in [2.05, 4.69) is 10.5 Å². The van der Waals surface area contributed by atoms with Gasteiger partial charge < -0.3 is 4.57 Å². The van der Waals surface area contributed by atoms with Crippen LogP contribution in [0.25, 0.3) is 5.69 Å². The van der Waals surface area contributed by atoms with E-state index in [9.17, 15) is 13.2 Å². The third-order valence-corrected chi connectivity index (χ3v) is 8.81. The summed E-state index contributed by atoms with van der Waals surface area (Å²) in [6.07, 6.45) is 1.51. The lowest BCUT2D eigenvalue weighted by Gasteiger charge is -2.23. The Labute approximate surface area is 242 Å². The van der Waals surface area contributed by atoms with E-state index in [1.807, 2.05) is 37.5 Å². The fourth-order valence-electron chi connectivity index (χ4n) is 4.04. The number of nitrogens with one attached hydrogen (secondary N) is 1. The second-order valence-electron chi connectivity index (χ2n) is 8.85. The maximum Gasteiger partial charge on any atom is 0.264 e. The van der Waals surface area contributed by atoms with Gasteiger partial charge in [0.2, 0.25) is 0 Å². The van der Waals surface area contributed by atoms with E-state index < -0.39 is 22.5 Å². The molecule has 4 rings (SSSR count). The molecule has 1 N–H and O–H groups in total. The number of hydrogen-bond acceptors (Lipinski definition) is 4. The second-order valence-corrected chi connectivity index (χ2v) is 12.0. The lowest BCUT2D eigenvalue weighted by Crippen LogP contribution is -2.39. The number of nitrogens with zero attached hydrogens (tertiary/aromatic N) is 3. The standard InChI is InChI=1S/C28H25Cl3N4O3S/c1-18-4-11-25(12-5-18)39(37,38)34(23-8-6-22(29)7-9-23)17-28(36)33-32-16-21-14-19(2)35(20(21)3)24-10-13-26(30)27(31)15-24/h4-16H,17H2,1-3H3,(H,33,36)/b32-16-. The van der Waals surface area contributed by atoms with E-state index in [-0.39, 0.29) is 4.90 Å². The van der Waals surface area contributed by atoms with E-state index >= 15 is 0 Å².